The predicted molar refractivity (Wildman–Crippen MR) is 187 cm³/mol. The van der Waals surface area contributed by atoms with Crippen molar-refractivity contribution in [1.82, 2.24) is 0 Å². The summed E-state index contributed by atoms with van der Waals surface area (Å²) in [4.78, 5) is 24.3. The lowest BCUT2D eigenvalue weighted by Gasteiger charge is -2.45. The Morgan fingerprint density at radius 2 is 1.00 bits per heavy atom. The number of hydrogen-bond donors (Lipinski definition) is 1. The molecular weight excluding hydrogens is 650 g/mol. The number of carbonyl (C=O) groups excluding carboxylic acids is 1. The van der Waals surface area contributed by atoms with Crippen LogP contribution in [0.5, 0.6) is 5.75 Å². The molecule has 0 bridgehead atoms. The average Bonchev–Trinajstić information content (AvgIpc) is 3.18. The molecule has 1 fully saturated rings. The standard InChI is InChI=1S/C41H39NO9/c43-41(49-35-23-21-34(42-44)22-24-35)51-40-39(48-28-33-19-11-4-12-20-33)38(47-27-32-17-9-3-10-18-32)37(46-26-31-15-7-2-8-16-31)36(50-40)29-45-25-30-13-5-1-6-14-30/h1-24,36-40H,25-29H2/p+1/t36-,37-,38+,39-,40-/m1/s1. The first-order valence-electron chi connectivity index (χ1n) is 16.7. The van der Waals surface area contributed by atoms with E-state index < -0.39 is 36.9 Å². The average molecular weight is 691 g/mol. The Kier molecular flexibility index (Phi) is 13.0. The van der Waals surface area contributed by atoms with Crippen LogP contribution in [0.4, 0.5) is 10.5 Å². The second-order valence-electron chi connectivity index (χ2n) is 11.9. The van der Waals surface area contributed by atoms with Gasteiger partial charge in [0, 0.05) is 22.2 Å². The van der Waals surface area contributed by atoms with E-state index in [1.54, 1.807) is 5.18 Å². The monoisotopic (exact) mass is 690 g/mol. The summed E-state index contributed by atoms with van der Waals surface area (Å²) >= 11 is 0. The summed E-state index contributed by atoms with van der Waals surface area (Å²) in [6, 6.07) is 45.0. The second-order valence-corrected chi connectivity index (χ2v) is 11.9. The van der Waals surface area contributed by atoms with Crippen LogP contribution in [0, 0.1) is 4.91 Å². The second kappa shape index (κ2) is 18.7. The van der Waals surface area contributed by atoms with E-state index in [1.807, 2.05) is 121 Å². The molecular formula is C41H40NO9+. The van der Waals surface area contributed by atoms with Crippen LogP contribution < -0.4 is 9.91 Å². The quantitative estimate of drug-likeness (QED) is 0.0932. The minimum Gasteiger partial charge on any atom is -0.401 e. The van der Waals surface area contributed by atoms with E-state index in [9.17, 15) is 9.70 Å². The van der Waals surface area contributed by atoms with Gasteiger partial charge in [-0.05, 0) is 34.4 Å². The molecule has 10 nitrogen and oxygen atoms in total. The molecule has 262 valence electrons. The summed E-state index contributed by atoms with van der Waals surface area (Å²) in [5, 5.41) is 1.80. The molecule has 0 radical (unpaired) electrons. The Balaban J connectivity index is 1.30. The van der Waals surface area contributed by atoms with Gasteiger partial charge in [-0.3, -0.25) is 0 Å². The highest BCUT2D eigenvalue weighted by molar-refractivity contribution is 5.64. The zero-order chi connectivity index (χ0) is 35.1. The number of nitroso groups, excluding NO2 is 1. The molecule has 10 heteroatoms. The summed E-state index contributed by atoms with van der Waals surface area (Å²) in [5.41, 5.74) is 4.12. The smallest absolute Gasteiger partial charge is 0.401 e. The van der Waals surface area contributed by atoms with Gasteiger partial charge in [-0.15, -0.1) is 0 Å². The summed E-state index contributed by atoms with van der Waals surface area (Å²) in [5.74, 6) is 0.181. The maximum Gasteiger partial charge on any atom is 0.516 e. The van der Waals surface area contributed by atoms with E-state index in [2.05, 4.69) is 0 Å². The van der Waals surface area contributed by atoms with Crippen molar-refractivity contribution in [3.8, 4) is 5.75 Å². The van der Waals surface area contributed by atoms with Crippen molar-refractivity contribution in [2.24, 2.45) is 0 Å². The van der Waals surface area contributed by atoms with Gasteiger partial charge in [0.15, 0.2) is 0 Å². The maximum absolute atomic E-state index is 13.3. The molecule has 1 aliphatic heterocycles. The number of carbonyl (C=O) groups is 1. The van der Waals surface area contributed by atoms with Crippen LogP contribution in [-0.2, 0) is 54.8 Å². The topological polar surface area (TPSA) is 113 Å². The minimum atomic E-state index is -1.27. The first kappa shape index (κ1) is 35.6. The molecule has 0 amide bonds. The molecule has 1 N–H and O–H groups in total. The number of benzene rings is 5. The highest BCUT2D eigenvalue weighted by Crippen LogP contribution is 2.32. The van der Waals surface area contributed by atoms with Crippen LogP contribution in [0.1, 0.15) is 22.3 Å². The highest BCUT2D eigenvalue weighted by Gasteiger charge is 2.50. The van der Waals surface area contributed by atoms with Gasteiger partial charge in [-0.1, -0.05) is 121 Å². The molecule has 0 unspecified atom stereocenters. The van der Waals surface area contributed by atoms with Gasteiger partial charge in [0.1, 0.15) is 30.2 Å². The van der Waals surface area contributed by atoms with Gasteiger partial charge in [0.25, 0.3) is 5.69 Å². The Morgan fingerprint density at radius 3 is 1.49 bits per heavy atom. The van der Waals surface area contributed by atoms with Crippen LogP contribution in [0.2, 0.25) is 0 Å². The Bertz CT molecular complexity index is 1760. The van der Waals surface area contributed by atoms with E-state index in [-0.39, 0.29) is 32.2 Å². The van der Waals surface area contributed by atoms with Crippen molar-refractivity contribution in [3.05, 3.63) is 173 Å². The Morgan fingerprint density at radius 1 is 0.549 bits per heavy atom. The molecule has 5 aromatic rings. The SMILES string of the molecule is O=[NH+]c1ccc(OC(=O)O[C@H]2O[C@H](COCc3ccccc3)[C@@H](OCc3ccccc3)[C@H](OCc3ccccc3)[C@H]2OCc2ccccc2)cc1. The van der Waals surface area contributed by atoms with Gasteiger partial charge in [0.05, 0.1) is 33.0 Å². The van der Waals surface area contributed by atoms with Crippen LogP contribution in [0.15, 0.2) is 146 Å². The number of nitrogens with one attached hydrogen (secondary N) is 1. The Labute approximate surface area is 296 Å². The van der Waals surface area contributed by atoms with E-state index in [1.165, 1.54) is 24.3 Å². The third-order valence-corrected chi connectivity index (χ3v) is 8.23. The molecule has 1 heterocycles. The number of hydrogen-bond acceptors (Lipinski definition) is 9. The van der Waals surface area contributed by atoms with Gasteiger partial charge in [0.2, 0.25) is 6.29 Å². The van der Waals surface area contributed by atoms with Crippen molar-refractivity contribution in [1.29, 1.82) is 0 Å². The summed E-state index contributed by atoms with van der Waals surface area (Å²) in [7, 11) is 0. The van der Waals surface area contributed by atoms with Crippen molar-refractivity contribution < 1.29 is 43.1 Å². The zero-order valence-electron chi connectivity index (χ0n) is 28.0. The fourth-order valence-electron chi connectivity index (χ4n) is 5.65. The lowest BCUT2D eigenvalue weighted by Crippen LogP contribution is -2.62. The summed E-state index contributed by atoms with van der Waals surface area (Å²) < 4.78 is 43.9. The lowest BCUT2D eigenvalue weighted by molar-refractivity contribution is -0.379. The Hall–Kier alpha value is -5.23. The molecule has 5 atom stereocenters. The van der Waals surface area contributed by atoms with Gasteiger partial charge in [-0.25, -0.2) is 4.79 Å². The third kappa shape index (κ3) is 10.6. The van der Waals surface area contributed by atoms with Crippen molar-refractivity contribution >= 4 is 11.8 Å². The first-order valence-corrected chi connectivity index (χ1v) is 16.7. The van der Waals surface area contributed by atoms with Crippen LogP contribution in [-0.4, -0.2) is 43.5 Å². The van der Waals surface area contributed by atoms with Crippen molar-refractivity contribution in [3.63, 3.8) is 0 Å². The molecule has 0 aromatic heterocycles. The van der Waals surface area contributed by atoms with Gasteiger partial charge in [-0.2, -0.15) is 0 Å². The summed E-state index contributed by atoms with van der Waals surface area (Å²) in [6.07, 6.45) is -5.46. The van der Waals surface area contributed by atoms with E-state index in [0.717, 1.165) is 22.3 Å². The largest absolute Gasteiger partial charge is 0.516 e. The van der Waals surface area contributed by atoms with Crippen LogP contribution in [0.3, 0.4) is 0 Å². The lowest BCUT2D eigenvalue weighted by atomic mass is 9.97. The van der Waals surface area contributed by atoms with E-state index in [0.29, 0.717) is 12.3 Å². The molecule has 0 saturated carbocycles. The minimum absolute atomic E-state index is 0.101. The molecule has 1 aliphatic rings. The molecule has 6 rings (SSSR count). The van der Waals surface area contributed by atoms with E-state index in [4.69, 9.17) is 33.2 Å². The van der Waals surface area contributed by atoms with Crippen molar-refractivity contribution in [2.45, 2.75) is 57.1 Å². The molecule has 5 aromatic carbocycles. The highest BCUT2D eigenvalue weighted by atomic mass is 16.8. The fourth-order valence-corrected chi connectivity index (χ4v) is 5.65. The van der Waals surface area contributed by atoms with Gasteiger partial charge >= 0.3 is 6.16 Å². The van der Waals surface area contributed by atoms with Crippen molar-refractivity contribution in [2.75, 3.05) is 6.61 Å². The van der Waals surface area contributed by atoms with Crippen LogP contribution in [0.25, 0.3) is 0 Å². The number of ether oxygens (including phenoxy) is 7. The number of rotatable bonds is 16. The molecule has 1 saturated heterocycles. The zero-order valence-corrected chi connectivity index (χ0v) is 28.0. The van der Waals surface area contributed by atoms with Gasteiger partial charge < -0.3 is 33.2 Å². The fraction of sp³-hybridized carbons (Fsp3) is 0.244. The molecule has 0 spiro atoms. The maximum atomic E-state index is 13.3. The molecule has 51 heavy (non-hydrogen) atoms. The summed E-state index contributed by atoms with van der Waals surface area (Å²) in [6.45, 7) is 1.11. The van der Waals surface area contributed by atoms with Crippen LogP contribution >= 0.6 is 0 Å². The molecule has 0 aliphatic carbocycles. The van der Waals surface area contributed by atoms with E-state index >= 15 is 0 Å². The predicted octanol–water partition coefficient (Wildman–Crippen LogP) is 6.38. The first-order chi connectivity index (χ1) is 25.1. The third-order valence-electron chi connectivity index (χ3n) is 8.23. The normalized spacial score (nSPS) is 20.0.